The zero-order valence-corrected chi connectivity index (χ0v) is 14.4. The molecule has 1 atom stereocenters. The molecular weight excluding hydrogens is 256 g/mol. The summed E-state index contributed by atoms with van der Waals surface area (Å²) in [5.74, 6) is 0.600. The van der Waals surface area contributed by atoms with E-state index in [1.165, 1.54) is 16.7 Å². The monoisotopic (exact) mass is 288 g/mol. The molecule has 0 radical (unpaired) electrons. The summed E-state index contributed by atoms with van der Waals surface area (Å²) >= 11 is 0. The molecule has 0 aliphatic heterocycles. The van der Waals surface area contributed by atoms with Crippen molar-refractivity contribution in [3.63, 3.8) is 0 Å². The molecule has 0 heterocycles. The first kappa shape index (κ1) is 18.0. The van der Waals surface area contributed by atoms with Crippen LogP contribution in [-0.2, 0) is 0 Å². The molecule has 1 nitrogen and oxygen atoms in total. The highest BCUT2D eigenvalue weighted by Gasteiger charge is 2.07. The van der Waals surface area contributed by atoms with E-state index in [1.807, 2.05) is 6.92 Å². The maximum atomic E-state index is 10.2. The Kier molecular flexibility index (Phi) is 7.74. The van der Waals surface area contributed by atoms with E-state index in [-0.39, 0.29) is 6.10 Å². The molecule has 0 aromatic carbocycles. The summed E-state index contributed by atoms with van der Waals surface area (Å²) in [4.78, 5) is 0. The first-order chi connectivity index (χ1) is 9.90. The highest BCUT2D eigenvalue weighted by atomic mass is 16.3. The van der Waals surface area contributed by atoms with Crippen molar-refractivity contribution in [2.45, 2.75) is 72.8 Å². The smallest absolute Gasteiger partial charge is 0.0781 e. The van der Waals surface area contributed by atoms with Crippen molar-refractivity contribution < 1.29 is 5.11 Å². The van der Waals surface area contributed by atoms with E-state index < -0.39 is 0 Å². The van der Waals surface area contributed by atoms with Gasteiger partial charge < -0.3 is 5.11 Å². The molecule has 1 heteroatoms. The average molecular weight is 288 g/mol. The Morgan fingerprint density at radius 3 is 2.33 bits per heavy atom. The Bertz CT molecular complexity index is 446. The van der Waals surface area contributed by atoms with Crippen LogP contribution in [0.25, 0.3) is 0 Å². The van der Waals surface area contributed by atoms with Crippen LogP contribution < -0.4 is 0 Å². The van der Waals surface area contributed by atoms with Crippen molar-refractivity contribution in [1.82, 2.24) is 0 Å². The fourth-order valence-corrected chi connectivity index (χ4v) is 2.50. The molecule has 1 rings (SSSR count). The Morgan fingerprint density at radius 2 is 1.67 bits per heavy atom. The van der Waals surface area contributed by atoms with E-state index in [9.17, 15) is 5.11 Å². The summed E-state index contributed by atoms with van der Waals surface area (Å²) in [7, 11) is 0. The van der Waals surface area contributed by atoms with Gasteiger partial charge in [-0.05, 0) is 64.4 Å². The number of aliphatic hydroxyl groups excluding tert-OH is 1. The first-order valence-electron chi connectivity index (χ1n) is 8.26. The third-order valence-electron chi connectivity index (χ3n) is 4.35. The molecule has 0 aromatic rings. The average Bonchev–Trinajstić information content (AvgIpc) is 2.43. The maximum Gasteiger partial charge on any atom is 0.0781 e. The minimum atomic E-state index is -0.327. The molecule has 0 spiro atoms. The summed E-state index contributed by atoms with van der Waals surface area (Å²) in [6, 6.07) is 0. The second-order valence-electron chi connectivity index (χ2n) is 6.70. The van der Waals surface area contributed by atoms with Crippen molar-refractivity contribution in [2.24, 2.45) is 5.92 Å². The van der Waals surface area contributed by atoms with Gasteiger partial charge in [0.05, 0.1) is 6.10 Å². The second kappa shape index (κ2) is 9.04. The molecule has 1 aliphatic carbocycles. The lowest BCUT2D eigenvalue weighted by molar-refractivity contribution is 0.213. The van der Waals surface area contributed by atoms with Crippen molar-refractivity contribution in [1.29, 1.82) is 0 Å². The lowest BCUT2D eigenvalue weighted by Gasteiger charge is -2.13. The highest BCUT2D eigenvalue weighted by Crippen LogP contribution is 2.21. The van der Waals surface area contributed by atoms with Crippen molar-refractivity contribution in [2.75, 3.05) is 0 Å². The molecule has 0 aromatic heterocycles. The minimum absolute atomic E-state index is 0.327. The van der Waals surface area contributed by atoms with Gasteiger partial charge in [0.25, 0.3) is 0 Å². The van der Waals surface area contributed by atoms with Crippen LogP contribution in [0.4, 0.5) is 0 Å². The van der Waals surface area contributed by atoms with Crippen LogP contribution in [-0.4, -0.2) is 11.2 Å². The fraction of sp³-hybridized carbons (Fsp3) is 0.600. The van der Waals surface area contributed by atoms with Crippen LogP contribution in [0.15, 0.2) is 46.6 Å². The molecule has 0 unspecified atom stereocenters. The molecule has 0 bridgehead atoms. The zero-order chi connectivity index (χ0) is 15.8. The van der Waals surface area contributed by atoms with Gasteiger partial charge in [0.1, 0.15) is 0 Å². The number of hydrogen-bond acceptors (Lipinski definition) is 1. The molecule has 0 saturated heterocycles. The molecule has 118 valence electrons. The van der Waals surface area contributed by atoms with Gasteiger partial charge >= 0.3 is 0 Å². The van der Waals surface area contributed by atoms with Crippen molar-refractivity contribution in [3.05, 3.63) is 46.6 Å². The summed E-state index contributed by atoms with van der Waals surface area (Å²) in [5.41, 5.74) is 5.41. The predicted octanol–water partition coefficient (Wildman–Crippen LogP) is 5.73. The lowest BCUT2D eigenvalue weighted by atomic mass is 9.94. The quantitative estimate of drug-likeness (QED) is 0.611. The Hall–Kier alpha value is -1.08. The molecule has 21 heavy (non-hydrogen) atoms. The zero-order valence-electron chi connectivity index (χ0n) is 14.4. The van der Waals surface area contributed by atoms with Gasteiger partial charge in [0.15, 0.2) is 0 Å². The van der Waals surface area contributed by atoms with E-state index in [4.69, 9.17) is 0 Å². The Morgan fingerprint density at radius 1 is 0.952 bits per heavy atom. The van der Waals surface area contributed by atoms with E-state index in [1.54, 1.807) is 0 Å². The minimum Gasteiger partial charge on any atom is -0.388 e. The predicted molar refractivity (Wildman–Crippen MR) is 93.3 cm³/mol. The third kappa shape index (κ3) is 6.95. The van der Waals surface area contributed by atoms with Crippen LogP contribution in [0.1, 0.15) is 66.7 Å². The lowest BCUT2D eigenvalue weighted by Crippen LogP contribution is -2.07. The largest absolute Gasteiger partial charge is 0.388 e. The molecule has 0 saturated carbocycles. The Labute approximate surface area is 131 Å². The van der Waals surface area contributed by atoms with Gasteiger partial charge in [-0.25, -0.2) is 0 Å². The molecular formula is C20H32O. The summed E-state index contributed by atoms with van der Waals surface area (Å²) < 4.78 is 0. The number of rotatable bonds is 1. The molecule has 1 aliphatic rings. The Balaban J connectivity index is 2.95. The SMILES string of the molecule is C/C1=C\C=C(\C(C)C)CC/C(C)=C/C[C@@H](O)/C(C)=C/CC1. The van der Waals surface area contributed by atoms with Crippen LogP contribution in [0.3, 0.4) is 0 Å². The summed E-state index contributed by atoms with van der Waals surface area (Å²) in [6.07, 6.45) is 13.7. The van der Waals surface area contributed by atoms with Gasteiger partial charge in [0, 0.05) is 0 Å². The standard InChI is InChI=1S/C20H32O/c1-15(2)19-12-9-16(3)7-6-8-18(5)20(21)14-11-17(4)10-13-19/h8-9,11-12,15,20-21H,6-7,10,13-14H2,1-5H3/b16-9+,17-11+,18-8+,19-12+/t20-/m1/s1. The van der Waals surface area contributed by atoms with E-state index in [0.29, 0.717) is 5.92 Å². The van der Waals surface area contributed by atoms with E-state index in [2.05, 4.69) is 52.0 Å². The van der Waals surface area contributed by atoms with Crippen LogP contribution in [0.5, 0.6) is 0 Å². The van der Waals surface area contributed by atoms with Gasteiger partial charge in [-0.3, -0.25) is 0 Å². The van der Waals surface area contributed by atoms with Crippen LogP contribution in [0.2, 0.25) is 0 Å². The normalized spacial score (nSPS) is 32.8. The summed E-state index contributed by atoms with van der Waals surface area (Å²) in [6.45, 7) is 11.0. The fourth-order valence-electron chi connectivity index (χ4n) is 2.50. The number of aliphatic hydroxyl groups is 1. The highest BCUT2D eigenvalue weighted by molar-refractivity contribution is 5.20. The molecule has 0 fully saturated rings. The van der Waals surface area contributed by atoms with Gasteiger partial charge in [-0.1, -0.05) is 54.9 Å². The summed E-state index contributed by atoms with van der Waals surface area (Å²) in [5, 5.41) is 10.2. The third-order valence-corrected chi connectivity index (χ3v) is 4.35. The molecule has 0 amide bonds. The van der Waals surface area contributed by atoms with Crippen molar-refractivity contribution >= 4 is 0 Å². The van der Waals surface area contributed by atoms with E-state index >= 15 is 0 Å². The van der Waals surface area contributed by atoms with Crippen LogP contribution in [0, 0.1) is 5.92 Å². The number of allylic oxidation sites excluding steroid dienone is 6. The second-order valence-corrected chi connectivity index (χ2v) is 6.70. The van der Waals surface area contributed by atoms with Crippen LogP contribution >= 0.6 is 0 Å². The van der Waals surface area contributed by atoms with Gasteiger partial charge in [-0.15, -0.1) is 0 Å². The van der Waals surface area contributed by atoms with Gasteiger partial charge in [-0.2, -0.15) is 0 Å². The number of hydrogen-bond donors (Lipinski definition) is 1. The van der Waals surface area contributed by atoms with Gasteiger partial charge in [0.2, 0.25) is 0 Å². The molecule has 1 N–H and O–H groups in total. The van der Waals surface area contributed by atoms with Crippen molar-refractivity contribution in [3.8, 4) is 0 Å². The topological polar surface area (TPSA) is 20.2 Å². The first-order valence-corrected chi connectivity index (χ1v) is 8.26. The maximum absolute atomic E-state index is 10.2. The van der Waals surface area contributed by atoms with E-state index in [0.717, 1.165) is 37.7 Å².